The molecule has 2 N–H and O–H groups in total. The van der Waals surface area contributed by atoms with E-state index < -0.39 is 0 Å². The van der Waals surface area contributed by atoms with Gasteiger partial charge >= 0.3 is 0 Å². The Kier molecular flexibility index (Phi) is 6.83. The van der Waals surface area contributed by atoms with Crippen molar-refractivity contribution in [2.75, 3.05) is 32.2 Å². The van der Waals surface area contributed by atoms with Crippen LogP contribution in [0.4, 0.5) is 5.69 Å². The summed E-state index contributed by atoms with van der Waals surface area (Å²) in [6, 6.07) is 9.26. The maximum absolute atomic E-state index is 5.64. The second-order valence-electron chi connectivity index (χ2n) is 5.80. The monoisotopic (exact) mass is 292 g/mol. The largest absolute Gasteiger partial charge is 0.491 e. The first-order valence-corrected chi connectivity index (χ1v) is 7.99. The summed E-state index contributed by atoms with van der Waals surface area (Å²) >= 11 is 0. The molecule has 118 valence electrons. The van der Waals surface area contributed by atoms with Gasteiger partial charge in [-0.2, -0.15) is 0 Å². The first-order valence-electron chi connectivity index (χ1n) is 7.99. The van der Waals surface area contributed by atoms with Crippen molar-refractivity contribution >= 4 is 5.69 Å². The van der Waals surface area contributed by atoms with E-state index in [2.05, 4.69) is 29.7 Å². The molecule has 2 rings (SSSR count). The third-order valence-corrected chi connectivity index (χ3v) is 3.85. The normalized spacial score (nSPS) is 20.0. The number of benzene rings is 1. The van der Waals surface area contributed by atoms with Crippen molar-refractivity contribution in [3.05, 3.63) is 24.3 Å². The van der Waals surface area contributed by atoms with E-state index >= 15 is 0 Å². The third kappa shape index (κ3) is 5.94. The average molecular weight is 292 g/mol. The smallest absolute Gasteiger partial charge is 0.121 e. The van der Waals surface area contributed by atoms with Gasteiger partial charge in [0, 0.05) is 30.9 Å². The minimum absolute atomic E-state index is 0.454. The highest BCUT2D eigenvalue weighted by atomic mass is 16.5. The number of rotatable bonds is 8. The van der Waals surface area contributed by atoms with Crippen molar-refractivity contribution in [2.45, 2.75) is 44.7 Å². The molecule has 0 bridgehead atoms. The van der Waals surface area contributed by atoms with Crippen molar-refractivity contribution < 1.29 is 9.47 Å². The molecule has 0 radical (unpaired) electrons. The first kappa shape index (κ1) is 16.1. The lowest BCUT2D eigenvalue weighted by molar-refractivity contribution is 0.146. The number of anilines is 1. The molecule has 21 heavy (non-hydrogen) atoms. The molecule has 0 aromatic heterocycles. The van der Waals surface area contributed by atoms with Gasteiger partial charge in [0.15, 0.2) is 0 Å². The highest BCUT2D eigenvalue weighted by Gasteiger charge is 2.15. The van der Waals surface area contributed by atoms with Crippen LogP contribution in [0.5, 0.6) is 5.75 Å². The quantitative estimate of drug-likeness (QED) is 0.723. The van der Waals surface area contributed by atoms with Crippen LogP contribution in [0.3, 0.4) is 0 Å². The molecule has 1 aromatic rings. The highest BCUT2D eigenvalue weighted by molar-refractivity contribution is 5.48. The molecule has 4 heteroatoms. The van der Waals surface area contributed by atoms with Crippen molar-refractivity contribution in [3.8, 4) is 5.75 Å². The summed E-state index contributed by atoms with van der Waals surface area (Å²) in [6.07, 6.45) is 5.13. The van der Waals surface area contributed by atoms with E-state index in [1.165, 1.54) is 25.8 Å². The van der Waals surface area contributed by atoms with Gasteiger partial charge in [0.25, 0.3) is 0 Å². The number of ether oxygens (including phenoxy) is 2. The lowest BCUT2D eigenvalue weighted by Gasteiger charge is -2.27. The van der Waals surface area contributed by atoms with Gasteiger partial charge in [-0.3, -0.25) is 0 Å². The molecule has 1 heterocycles. The van der Waals surface area contributed by atoms with Crippen LogP contribution in [-0.4, -0.2) is 39.0 Å². The van der Waals surface area contributed by atoms with E-state index in [9.17, 15) is 0 Å². The molecule has 2 atom stereocenters. The first-order chi connectivity index (χ1) is 10.3. The van der Waals surface area contributed by atoms with Crippen LogP contribution in [0.15, 0.2) is 24.3 Å². The molecular formula is C17H28N2O2. The Morgan fingerprint density at radius 3 is 3.00 bits per heavy atom. The van der Waals surface area contributed by atoms with E-state index in [4.69, 9.17) is 9.47 Å². The summed E-state index contributed by atoms with van der Waals surface area (Å²) in [4.78, 5) is 0. The zero-order valence-corrected chi connectivity index (χ0v) is 13.2. The lowest BCUT2D eigenvalue weighted by atomic mass is 9.98. The lowest BCUT2D eigenvalue weighted by Crippen LogP contribution is -2.37. The molecule has 1 aromatic carbocycles. The topological polar surface area (TPSA) is 42.5 Å². The standard InChI is InChI=1S/C17H28N2O2/c1-14(12-15-6-3-4-9-18-15)19-16-7-5-8-17(13-16)21-11-10-20-2/h5,7-8,13-15,18-19H,3-4,6,9-12H2,1-2H3. The molecule has 0 spiro atoms. The molecule has 1 saturated heterocycles. The van der Waals surface area contributed by atoms with Gasteiger partial charge in [-0.05, 0) is 44.9 Å². The zero-order chi connectivity index (χ0) is 14.9. The molecule has 0 aliphatic carbocycles. The Morgan fingerprint density at radius 2 is 2.24 bits per heavy atom. The number of hydrogen-bond acceptors (Lipinski definition) is 4. The number of hydrogen-bond donors (Lipinski definition) is 2. The summed E-state index contributed by atoms with van der Waals surface area (Å²) in [5.41, 5.74) is 1.12. The Bertz CT molecular complexity index is 406. The maximum Gasteiger partial charge on any atom is 0.121 e. The van der Waals surface area contributed by atoms with Gasteiger partial charge in [0.2, 0.25) is 0 Å². The van der Waals surface area contributed by atoms with E-state index in [-0.39, 0.29) is 0 Å². The van der Waals surface area contributed by atoms with Crippen LogP contribution in [0.2, 0.25) is 0 Å². The second kappa shape index (κ2) is 8.90. The Balaban J connectivity index is 1.79. The van der Waals surface area contributed by atoms with Crippen molar-refractivity contribution in [1.29, 1.82) is 0 Å². The van der Waals surface area contributed by atoms with E-state index in [0.29, 0.717) is 25.3 Å². The van der Waals surface area contributed by atoms with Gasteiger partial charge in [0.05, 0.1) is 6.61 Å². The Labute approximate surface area is 128 Å². The van der Waals surface area contributed by atoms with Gasteiger partial charge in [0.1, 0.15) is 12.4 Å². The van der Waals surface area contributed by atoms with E-state index in [1.807, 2.05) is 12.1 Å². The van der Waals surface area contributed by atoms with Crippen LogP contribution in [0, 0.1) is 0 Å². The summed E-state index contributed by atoms with van der Waals surface area (Å²) in [7, 11) is 1.68. The Morgan fingerprint density at radius 1 is 1.33 bits per heavy atom. The van der Waals surface area contributed by atoms with E-state index in [0.717, 1.165) is 17.9 Å². The summed E-state index contributed by atoms with van der Waals surface area (Å²) in [5, 5.41) is 7.17. The van der Waals surface area contributed by atoms with Crippen LogP contribution in [-0.2, 0) is 4.74 Å². The molecule has 4 nitrogen and oxygen atoms in total. The fourth-order valence-electron chi connectivity index (χ4n) is 2.81. The molecular weight excluding hydrogens is 264 g/mol. The molecule has 1 fully saturated rings. The van der Waals surface area contributed by atoms with Gasteiger partial charge < -0.3 is 20.1 Å². The molecule has 0 saturated carbocycles. The highest BCUT2D eigenvalue weighted by Crippen LogP contribution is 2.20. The predicted octanol–water partition coefficient (Wildman–Crippen LogP) is 3.04. The van der Waals surface area contributed by atoms with Crippen molar-refractivity contribution in [2.24, 2.45) is 0 Å². The third-order valence-electron chi connectivity index (χ3n) is 3.85. The molecule has 1 aliphatic heterocycles. The van der Waals surface area contributed by atoms with Crippen LogP contribution < -0.4 is 15.4 Å². The number of methoxy groups -OCH3 is 1. The summed E-state index contributed by atoms with van der Waals surface area (Å²) in [5.74, 6) is 0.889. The van der Waals surface area contributed by atoms with Crippen molar-refractivity contribution in [3.63, 3.8) is 0 Å². The van der Waals surface area contributed by atoms with E-state index in [1.54, 1.807) is 7.11 Å². The number of nitrogens with one attached hydrogen (secondary N) is 2. The average Bonchev–Trinajstić information content (AvgIpc) is 2.49. The Hall–Kier alpha value is -1.26. The van der Waals surface area contributed by atoms with Crippen molar-refractivity contribution in [1.82, 2.24) is 5.32 Å². The zero-order valence-electron chi connectivity index (χ0n) is 13.2. The minimum atomic E-state index is 0.454. The molecule has 2 unspecified atom stereocenters. The van der Waals surface area contributed by atoms with Crippen LogP contribution >= 0.6 is 0 Å². The van der Waals surface area contributed by atoms with Crippen LogP contribution in [0.25, 0.3) is 0 Å². The van der Waals surface area contributed by atoms with Gasteiger partial charge in [-0.15, -0.1) is 0 Å². The van der Waals surface area contributed by atoms with Gasteiger partial charge in [-0.25, -0.2) is 0 Å². The second-order valence-corrected chi connectivity index (χ2v) is 5.80. The fourth-order valence-corrected chi connectivity index (χ4v) is 2.81. The SMILES string of the molecule is COCCOc1cccc(NC(C)CC2CCCCN2)c1. The molecule has 1 aliphatic rings. The number of piperidine rings is 1. The summed E-state index contributed by atoms with van der Waals surface area (Å²) in [6.45, 7) is 4.61. The van der Waals surface area contributed by atoms with Gasteiger partial charge in [-0.1, -0.05) is 12.5 Å². The minimum Gasteiger partial charge on any atom is -0.491 e. The molecule has 0 amide bonds. The fraction of sp³-hybridized carbons (Fsp3) is 0.647. The maximum atomic E-state index is 5.64. The predicted molar refractivity (Wildman–Crippen MR) is 87.2 cm³/mol. The van der Waals surface area contributed by atoms with Crippen LogP contribution in [0.1, 0.15) is 32.6 Å². The summed E-state index contributed by atoms with van der Waals surface area (Å²) < 4.78 is 10.6.